The zero-order valence-electron chi connectivity index (χ0n) is 11.2. The number of rotatable bonds is 10. The molecular formula is C15H24ClNO. The lowest BCUT2D eigenvalue weighted by atomic mass is 10.1. The van der Waals surface area contributed by atoms with Crippen LogP contribution in [0, 0.1) is 0 Å². The number of hydrogen-bond acceptors (Lipinski definition) is 2. The van der Waals surface area contributed by atoms with Gasteiger partial charge in [-0.2, -0.15) is 0 Å². The van der Waals surface area contributed by atoms with Gasteiger partial charge in [-0.05, 0) is 44.3 Å². The maximum atomic E-state index is 6.04. The van der Waals surface area contributed by atoms with Gasteiger partial charge in [0, 0.05) is 7.11 Å². The summed E-state index contributed by atoms with van der Waals surface area (Å²) >= 11 is 6.04. The molecule has 0 fully saturated rings. The summed E-state index contributed by atoms with van der Waals surface area (Å²) in [7, 11) is 1.69. The van der Waals surface area contributed by atoms with Crippen LogP contribution >= 0.6 is 11.6 Å². The van der Waals surface area contributed by atoms with E-state index in [2.05, 4.69) is 35.6 Å². The summed E-state index contributed by atoms with van der Waals surface area (Å²) in [5.74, 6) is 0. The van der Waals surface area contributed by atoms with Crippen LogP contribution in [-0.4, -0.2) is 32.2 Å². The molecule has 0 aliphatic heterocycles. The summed E-state index contributed by atoms with van der Waals surface area (Å²) in [5.41, 5.74) is 1.43. The molecule has 0 spiro atoms. The van der Waals surface area contributed by atoms with E-state index in [-0.39, 0.29) is 5.38 Å². The highest BCUT2D eigenvalue weighted by Crippen LogP contribution is 2.04. The van der Waals surface area contributed by atoms with Gasteiger partial charge in [0.25, 0.3) is 0 Å². The zero-order chi connectivity index (χ0) is 13.1. The Morgan fingerprint density at radius 2 is 1.94 bits per heavy atom. The van der Waals surface area contributed by atoms with Crippen molar-refractivity contribution in [1.29, 1.82) is 0 Å². The van der Waals surface area contributed by atoms with Crippen molar-refractivity contribution in [3.05, 3.63) is 35.9 Å². The molecule has 1 atom stereocenters. The zero-order valence-corrected chi connectivity index (χ0v) is 12.0. The highest BCUT2D eigenvalue weighted by Gasteiger charge is 2.02. The van der Waals surface area contributed by atoms with E-state index in [4.69, 9.17) is 16.3 Å². The third-order valence-corrected chi connectivity index (χ3v) is 3.24. The van der Waals surface area contributed by atoms with Crippen LogP contribution in [-0.2, 0) is 11.2 Å². The van der Waals surface area contributed by atoms with Crippen LogP contribution in [0.2, 0.25) is 0 Å². The normalized spacial score (nSPS) is 12.6. The van der Waals surface area contributed by atoms with Crippen molar-refractivity contribution in [2.75, 3.05) is 26.8 Å². The lowest BCUT2D eigenvalue weighted by molar-refractivity contribution is 0.195. The van der Waals surface area contributed by atoms with E-state index in [1.165, 1.54) is 24.8 Å². The number of alkyl halides is 1. The molecule has 1 aromatic rings. The van der Waals surface area contributed by atoms with Crippen LogP contribution in [0.3, 0.4) is 0 Å². The number of unbranched alkanes of at least 4 members (excludes halogenated alkanes) is 1. The number of ether oxygens (including phenoxy) is 1. The minimum Gasteiger partial charge on any atom is -0.383 e. The highest BCUT2D eigenvalue weighted by molar-refractivity contribution is 6.20. The molecule has 0 saturated carbocycles. The summed E-state index contributed by atoms with van der Waals surface area (Å²) in [6.07, 6.45) is 4.59. The van der Waals surface area contributed by atoms with E-state index in [1.807, 2.05) is 0 Å². The van der Waals surface area contributed by atoms with Crippen LogP contribution < -0.4 is 5.32 Å². The summed E-state index contributed by atoms with van der Waals surface area (Å²) < 4.78 is 4.99. The van der Waals surface area contributed by atoms with E-state index < -0.39 is 0 Å². The molecule has 0 aliphatic rings. The van der Waals surface area contributed by atoms with E-state index in [0.717, 1.165) is 19.5 Å². The quantitative estimate of drug-likeness (QED) is 0.520. The molecular weight excluding hydrogens is 246 g/mol. The Morgan fingerprint density at radius 3 is 2.67 bits per heavy atom. The first-order chi connectivity index (χ1) is 8.83. The fraction of sp³-hybridized carbons (Fsp3) is 0.600. The molecule has 18 heavy (non-hydrogen) atoms. The van der Waals surface area contributed by atoms with Gasteiger partial charge in [-0.1, -0.05) is 30.3 Å². The summed E-state index contributed by atoms with van der Waals surface area (Å²) in [5, 5.41) is 3.55. The molecule has 3 heteroatoms. The van der Waals surface area contributed by atoms with Crippen LogP contribution in [0.25, 0.3) is 0 Å². The van der Waals surface area contributed by atoms with Crippen molar-refractivity contribution in [2.45, 2.75) is 31.1 Å². The van der Waals surface area contributed by atoms with Gasteiger partial charge in [-0.3, -0.25) is 0 Å². The van der Waals surface area contributed by atoms with Crippen LogP contribution in [0.1, 0.15) is 24.8 Å². The van der Waals surface area contributed by atoms with Gasteiger partial charge in [0.1, 0.15) is 0 Å². The Hall–Kier alpha value is -0.570. The van der Waals surface area contributed by atoms with Gasteiger partial charge >= 0.3 is 0 Å². The Balaban J connectivity index is 1.90. The van der Waals surface area contributed by atoms with Crippen LogP contribution in [0.4, 0.5) is 0 Å². The molecule has 1 rings (SSSR count). The fourth-order valence-electron chi connectivity index (χ4n) is 1.87. The molecule has 1 N–H and O–H groups in total. The topological polar surface area (TPSA) is 21.3 Å². The Kier molecular flexibility index (Phi) is 8.92. The van der Waals surface area contributed by atoms with E-state index in [0.29, 0.717) is 6.61 Å². The molecule has 0 bridgehead atoms. The number of benzene rings is 1. The van der Waals surface area contributed by atoms with Gasteiger partial charge < -0.3 is 10.1 Å². The van der Waals surface area contributed by atoms with E-state index in [9.17, 15) is 0 Å². The van der Waals surface area contributed by atoms with Gasteiger partial charge in [-0.25, -0.2) is 0 Å². The second-order valence-electron chi connectivity index (χ2n) is 4.53. The molecule has 1 unspecified atom stereocenters. The lowest BCUT2D eigenvalue weighted by Gasteiger charge is -2.09. The molecule has 102 valence electrons. The smallest absolute Gasteiger partial charge is 0.0626 e. The average molecular weight is 270 g/mol. The largest absolute Gasteiger partial charge is 0.383 e. The molecule has 0 heterocycles. The standard InChI is InChI=1S/C15H24ClNO/c1-18-13-15(16)10-12-17-11-6-5-9-14-7-3-2-4-8-14/h2-4,7-8,15,17H,5-6,9-13H2,1H3. The van der Waals surface area contributed by atoms with Gasteiger partial charge in [0.05, 0.1) is 12.0 Å². The third kappa shape index (κ3) is 7.70. The first-order valence-corrected chi connectivity index (χ1v) is 7.14. The van der Waals surface area contributed by atoms with Crippen molar-refractivity contribution in [2.24, 2.45) is 0 Å². The van der Waals surface area contributed by atoms with Crippen molar-refractivity contribution < 1.29 is 4.74 Å². The Morgan fingerprint density at radius 1 is 1.17 bits per heavy atom. The Labute approximate surface area is 116 Å². The van der Waals surface area contributed by atoms with Gasteiger partial charge in [0.2, 0.25) is 0 Å². The van der Waals surface area contributed by atoms with E-state index >= 15 is 0 Å². The molecule has 2 nitrogen and oxygen atoms in total. The second kappa shape index (κ2) is 10.4. The minimum absolute atomic E-state index is 0.131. The fourth-order valence-corrected chi connectivity index (χ4v) is 2.11. The van der Waals surface area contributed by atoms with Crippen molar-refractivity contribution in [3.63, 3.8) is 0 Å². The number of hydrogen-bond donors (Lipinski definition) is 1. The number of halogens is 1. The third-order valence-electron chi connectivity index (χ3n) is 2.89. The number of aryl methyl sites for hydroxylation is 1. The number of nitrogens with one attached hydrogen (secondary N) is 1. The molecule has 0 amide bonds. The first kappa shape index (κ1) is 15.5. The summed E-state index contributed by atoms with van der Waals surface area (Å²) in [6, 6.07) is 10.6. The second-order valence-corrected chi connectivity index (χ2v) is 5.15. The summed E-state index contributed by atoms with van der Waals surface area (Å²) in [6.45, 7) is 2.68. The molecule has 0 saturated heterocycles. The maximum absolute atomic E-state index is 6.04. The number of methoxy groups -OCH3 is 1. The first-order valence-electron chi connectivity index (χ1n) is 6.70. The molecule has 0 aliphatic carbocycles. The summed E-state index contributed by atoms with van der Waals surface area (Å²) in [4.78, 5) is 0. The molecule has 1 aromatic carbocycles. The SMILES string of the molecule is COCC(Cl)CCNCCCCc1ccccc1. The molecule has 0 radical (unpaired) electrons. The molecule has 0 aromatic heterocycles. The van der Waals surface area contributed by atoms with Crippen molar-refractivity contribution in [3.8, 4) is 0 Å². The Bertz CT molecular complexity index is 292. The van der Waals surface area contributed by atoms with Crippen molar-refractivity contribution >= 4 is 11.6 Å². The van der Waals surface area contributed by atoms with E-state index in [1.54, 1.807) is 7.11 Å². The highest BCUT2D eigenvalue weighted by atomic mass is 35.5. The van der Waals surface area contributed by atoms with Crippen LogP contribution in [0.15, 0.2) is 30.3 Å². The lowest BCUT2D eigenvalue weighted by Crippen LogP contribution is -2.21. The average Bonchev–Trinajstić information content (AvgIpc) is 2.39. The minimum atomic E-state index is 0.131. The van der Waals surface area contributed by atoms with Gasteiger partial charge in [0.15, 0.2) is 0 Å². The predicted octanol–water partition coefficient (Wildman–Crippen LogP) is 3.24. The van der Waals surface area contributed by atoms with Crippen molar-refractivity contribution in [1.82, 2.24) is 5.32 Å². The van der Waals surface area contributed by atoms with Crippen LogP contribution in [0.5, 0.6) is 0 Å². The predicted molar refractivity (Wildman–Crippen MR) is 78.4 cm³/mol. The van der Waals surface area contributed by atoms with Gasteiger partial charge in [-0.15, -0.1) is 11.6 Å². The monoisotopic (exact) mass is 269 g/mol. The maximum Gasteiger partial charge on any atom is 0.0626 e.